The van der Waals surface area contributed by atoms with Gasteiger partial charge in [0.15, 0.2) is 5.69 Å². The van der Waals surface area contributed by atoms with E-state index in [0.717, 1.165) is 18.6 Å². The number of amides is 3. The molecule has 0 aliphatic heterocycles. The topological polar surface area (TPSA) is 110 Å². The van der Waals surface area contributed by atoms with Crippen molar-refractivity contribution in [2.75, 3.05) is 0 Å². The number of carbonyl (C=O) groups excluding carboxylic acids is 3. The number of hydrogen-bond acceptors (Lipinski definition) is 5. The lowest BCUT2D eigenvalue weighted by molar-refractivity contribution is -0.117. The number of hydrogen-bond donors (Lipinski definition) is 2. The van der Waals surface area contributed by atoms with Crippen molar-refractivity contribution in [1.29, 1.82) is 0 Å². The molecule has 0 aromatic heterocycles. The molecule has 0 fully saturated rings. The predicted octanol–water partition coefficient (Wildman–Crippen LogP) is 6.43. The molecule has 0 unspecified atom stereocenters. The first-order valence-electron chi connectivity index (χ1n) is 12.0. The van der Waals surface area contributed by atoms with E-state index in [9.17, 15) is 18.8 Å². The van der Waals surface area contributed by atoms with Gasteiger partial charge in [0, 0.05) is 12.5 Å². The maximum absolute atomic E-state index is 14.5. The average Bonchev–Trinajstić information content (AvgIpc) is 2.87. The smallest absolute Gasteiger partial charge is 0.437 e. The van der Waals surface area contributed by atoms with Gasteiger partial charge in [-0.2, -0.15) is 0 Å². The van der Waals surface area contributed by atoms with E-state index in [2.05, 4.69) is 20.5 Å². The molecule has 0 radical (unpaired) electrons. The number of aliphatic imine (C=N–C) groups is 1. The Morgan fingerprint density at radius 2 is 1.73 bits per heavy atom. The summed E-state index contributed by atoms with van der Waals surface area (Å²) in [6.07, 6.45) is -1.07. The molecule has 206 valence electrons. The van der Waals surface area contributed by atoms with E-state index in [1.54, 1.807) is 20.8 Å². The third-order valence-corrected chi connectivity index (χ3v) is 5.46. The van der Waals surface area contributed by atoms with Gasteiger partial charge in [0.2, 0.25) is 11.9 Å². The Hall–Kier alpha value is -4.75. The third kappa shape index (κ3) is 7.88. The summed E-state index contributed by atoms with van der Waals surface area (Å²) in [4.78, 5) is 45.1. The number of ether oxygens (including phenoxy) is 2. The van der Waals surface area contributed by atoms with Crippen molar-refractivity contribution in [3.63, 3.8) is 0 Å². The maximum atomic E-state index is 14.5. The second-order valence-corrected chi connectivity index (χ2v) is 9.77. The highest BCUT2D eigenvalue weighted by molar-refractivity contribution is 6.34. The predicted molar refractivity (Wildman–Crippen MR) is 149 cm³/mol. The second kappa shape index (κ2) is 12.9. The van der Waals surface area contributed by atoms with Crippen LogP contribution in [0.4, 0.5) is 14.9 Å². The summed E-state index contributed by atoms with van der Waals surface area (Å²) < 4.78 is 25.6. The molecule has 0 bridgehead atoms. The van der Waals surface area contributed by atoms with Gasteiger partial charge in [0.1, 0.15) is 23.8 Å². The fourth-order valence-corrected chi connectivity index (χ4v) is 3.74. The maximum Gasteiger partial charge on any atom is 0.437 e. The summed E-state index contributed by atoms with van der Waals surface area (Å²) in [5.41, 5.74) is -0.265. The van der Waals surface area contributed by atoms with Gasteiger partial charge in [-0.1, -0.05) is 60.1 Å². The van der Waals surface area contributed by atoms with Gasteiger partial charge in [-0.05, 0) is 44.0 Å². The zero-order valence-electron chi connectivity index (χ0n) is 22.2. The molecule has 11 heteroatoms. The third-order valence-electron chi connectivity index (χ3n) is 5.07. The van der Waals surface area contributed by atoms with Crippen molar-refractivity contribution in [1.82, 2.24) is 10.6 Å². The molecule has 0 atom stereocenters. The average molecular weight is 565 g/mol. The van der Waals surface area contributed by atoms with Crippen LogP contribution in [-0.2, 0) is 16.1 Å². The van der Waals surface area contributed by atoms with E-state index < -0.39 is 35.3 Å². The summed E-state index contributed by atoms with van der Waals surface area (Å²) in [5, 5.41) is 4.33. The molecule has 3 amide bonds. The van der Waals surface area contributed by atoms with Crippen molar-refractivity contribution >= 4 is 41.2 Å². The van der Waals surface area contributed by atoms with E-state index in [0.29, 0.717) is 0 Å². The normalized spacial score (nSPS) is 11.3. The van der Waals surface area contributed by atoms with Crippen LogP contribution in [0.3, 0.4) is 0 Å². The molecule has 3 aromatic carbocycles. The van der Waals surface area contributed by atoms with E-state index in [1.807, 2.05) is 30.3 Å². The summed E-state index contributed by atoms with van der Waals surface area (Å²) in [7, 11) is 0. The fraction of sp³-hybridized carbons (Fsp3) is 0.207. The zero-order valence-corrected chi connectivity index (χ0v) is 22.9. The highest BCUT2D eigenvalue weighted by Gasteiger charge is 2.26. The lowest BCUT2D eigenvalue weighted by Gasteiger charge is -2.19. The Bertz CT molecular complexity index is 1510. The van der Waals surface area contributed by atoms with Crippen LogP contribution in [0.2, 0.25) is 5.02 Å². The van der Waals surface area contributed by atoms with Crippen LogP contribution in [0.25, 0.3) is 16.0 Å². The molecule has 0 spiro atoms. The SMILES string of the molecule is [C-]#[N+]c1ccc(OCc2ccccc2)c(C(=O)N/C(=N\C(=O)OC(C)(C)C)NC(C)=O)c1-c1cccc(F)c1Cl. The molecule has 3 rings (SSSR count). The van der Waals surface area contributed by atoms with Gasteiger partial charge < -0.3 is 9.47 Å². The lowest BCUT2D eigenvalue weighted by atomic mass is 9.96. The molecule has 0 aliphatic rings. The number of rotatable bonds is 5. The van der Waals surface area contributed by atoms with Crippen LogP contribution in [0.15, 0.2) is 65.7 Å². The van der Waals surface area contributed by atoms with Crippen LogP contribution in [0, 0.1) is 12.4 Å². The number of benzene rings is 3. The van der Waals surface area contributed by atoms with Gasteiger partial charge >= 0.3 is 6.09 Å². The minimum absolute atomic E-state index is 0.0120. The number of halogens is 2. The van der Waals surface area contributed by atoms with Gasteiger partial charge in [-0.3, -0.25) is 20.2 Å². The molecule has 0 saturated carbocycles. The molecule has 0 heterocycles. The van der Waals surface area contributed by atoms with Crippen LogP contribution in [0.1, 0.15) is 43.6 Å². The molecule has 3 aromatic rings. The molecular weight excluding hydrogens is 539 g/mol. The van der Waals surface area contributed by atoms with Crippen molar-refractivity contribution in [3.05, 3.63) is 94.0 Å². The first-order valence-corrected chi connectivity index (χ1v) is 12.3. The van der Waals surface area contributed by atoms with Crippen molar-refractivity contribution in [2.45, 2.75) is 39.9 Å². The van der Waals surface area contributed by atoms with E-state index in [1.165, 1.54) is 24.3 Å². The van der Waals surface area contributed by atoms with Crippen molar-refractivity contribution < 1.29 is 28.2 Å². The molecular formula is C29H26ClFN4O5. The Labute approximate surface area is 235 Å². The van der Waals surface area contributed by atoms with Gasteiger partial charge in [-0.15, -0.1) is 4.99 Å². The van der Waals surface area contributed by atoms with Gasteiger partial charge in [0.05, 0.1) is 17.2 Å². The molecule has 9 nitrogen and oxygen atoms in total. The number of nitrogens with one attached hydrogen (secondary N) is 2. The Kier molecular flexibility index (Phi) is 9.59. The van der Waals surface area contributed by atoms with Crippen LogP contribution in [0.5, 0.6) is 5.75 Å². The van der Waals surface area contributed by atoms with Crippen LogP contribution in [-0.4, -0.2) is 29.5 Å². The fourth-order valence-electron chi connectivity index (χ4n) is 3.52. The number of carbonyl (C=O) groups is 3. The summed E-state index contributed by atoms with van der Waals surface area (Å²) in [6, 6.07) is 15.9. The van der Waals surface area contributed by atoms with E-state index >= 15 is 0 Å². The molecule has 0 saturated heterocycles. The Morgan fingerprint density at radius 1 is 1.02 bits per heavy atom. The monoisotopic (exact) mass is 564 g/mol. The van der Waals surface area contributed by atoms with Crippen molar-refractivity contribution in [2.24, 2.45) is 4.99 Å². The first kappa shape index (κ1) is 29.8. The Balaban J connectivity index is 2.16. The van der Waals surface area contributed by atoms with Gasteiger partial charge in [0.25, 0.3) is 5.91 Å². The van der Waals surface area contributed by atoms with Crippen LogP contribution < -0.4 is 15.4 Å². The number of nitrogens with zero attached hydrogens (tertiary/aromatic N) is 2. The number of guanidine groups is 1. The zero-order chi connectivity index (χ0) is 29.4. The Morgan fingerprint density at radius 3 is 2.35 bits per heavy atom. The standard InChI is InChI=1S/C29H26ClFN4O5/c1-17(36)33-27(35-28(38)40-29(2,3)4)34-26(37)24-22(39-16-18-10-7-6-8-11-18)15-14-21(32-5)23(24)19-12-9-13-20(31)25(19)30/h6-15H,16H2,1-4H3,(H2,33,34,35,36,37,38). The quantitative estimate of drug-likeness (QED) is 0.211. The van der Waals surface area contributed by atoms with E-state index in [4.69, 9.17) is 27.6 Å². The molecule has 0 aliphatic carbocycles. The minimum Gasteiger partial charge on any atom is -0.488 e. The largest absolute Gasteiger partial charge is 0.488 e. The lowest BCUT2D eigenvalue weighted by Crippen LogP contribution is -2.44. The first-order chi connectivity index (χ1) is 18.9. The summed E-state index contributed by atoms with van der Waals surface area (Å²) in [6.45, 7) is 13.8. The highest BCUT2D eigenvalue weighted by Crippen LogP contribution is 2.42. The summed E-state index contributed by atoms with van der Waals surface area (Å²) >= 11 is 6.27. The molecule has 2 N–H and O–H groups in total. The summed E-state index contributed by atoms with van der Waals surface area (Å²) in [5.74, 6) is -2.80. The second-order valence-electron chi connectivity index (χ2n) is 9.40. The highest BCUT2D eigenvalue weighted by atomic mass is 35.5. The molecule has 40 heavy (non-hydrogen) atoms. The minimum atomic E-state index is -1.07. The van der Waals surface area contributed by atoms with E-state index in [-0.39, 0.29) is 39.8 Å². The van der Waals surface area contributed by atoms with Crippen LogP contribution >= 0.6 is 11.6 Å². The van der Waals surface area contributed by atoms with Crippen molar-refractivity contribution in [3.8, 4) is 16.9 Å². The van der Waals surface area contributed by atoms with Gasteiger partial charge in [-0.25, -0.2) is 14.0 Å².